The summed E-state index contributed by atoms with van der Waals surface area (Å²) in [6, 6.07) is 24.9. The van der Waals surface area contributed by atoms with Crippen LogP contribution in [0.15, 0.2) is 95.2 Å². The normalized spacial score (nSPS) is 13.8. The first-order valence-corrected chi connectivity index (χ1v) is 14.4. The van der Waals surface area contributed by atoms with Crippen molar-refractivity contribution in [1.29, 1.82) is 0 Å². The van der Waals surface area contributed by atoms with Gasteiger partial charge < -0.3 is 10.6 Å². The zero-order chi connectivity index (χ0) is 31.1. The van der Waals surface area contributed by atoms with Gasteiger partial charge in [0.05, 0.1) is 5.69 Å². The fourth-order valence-corrected chi connectivity index (χ4v) is 4.89. The number of rotatable bonds is 11. The van der Waals surface area contributed by atoms with Crippen molar-refractivity contribution in [2.24, 2.45) is 26.5 Å². The van der Waals surface area contributed by atoms with Gasteiger partial charge in [0.25, 0.3) is 5.91 Å². The molecule has 3 aromatic rings. The van der Waals surface area contributed by atoms with Crippen molar-refractivity contribution in [3.63, 3.8) is 0 Å². The lowest BCUT2D eigenvalue weighted by atomic mass is 9.56. The molecule has 2 atom stereocenters. The van der Waals surface area contributed by atoms with Gasteiger partial charge in [0, 0.05) is 16.8 Å². The maximum Gasteiger partial charge on any atom is 0.258 e. The first-order valence-electron chi connectivity index (χ1n) is 14.4. The fourth-order valence-electron chi connectivity index (χ4n) is 4.89. The van der Waals surface area contributed by atoms with E-state index in [2.05, 4.69) is 79.7 Å². The number of hydrogen-bond acceptors (Lipinski definition) is 5. The molecule has 0 fully saturated rings. The first-order chi connectivity index (χ1) is 19.6. The lowest BCUT2D eigenvalue weighted by Gasteiger charge is -2.48. The Labute approximate surface area is 250 Å². The smallest absolute Gasteiger partial charge is 0.258 e. The minimum atomic E-state index is -1.27. The van der Waals surface area contributed by atoms with Crippen LogP contribution in [0, 0.1) is 16.2 Å². The Morgan fingerprint density at radius 2 is 1.24 bits per heavy atom. The number of carbonyl (C=O) groups is 3. The fraction of sp³-hybridized carbons (Fsp3) is 0.400. The topological polar surface area (TPSA) is 100.0 Å². The number of azo groups is 1. The second kappa shape index (κ2) is 13.2. The van der Waals surface area contributed by atoms with Gasteiger partial charge in [-0.1, -0.05) is 97.0 Å². The van der Waals surface area contributed by atoms with Crippen LogP contribution in [0.2, 0.25) is 0 Å². The minimum Gasteiger partial charge on any atom is -0.326 e. The molecule has 222 valence electrons. The Hall–Kier alpha value is -4.13. The van der Waals surface area contributed by atoms with E-state index in [0.717, 1.165) is 6.42 Å². The molecule has 0 saturated carbocycles. The Bertz CT molecular complexity index is 1390. The van der Waals surface area contributed by atoms with Crippen LogP contribution >= 0.6 is 0 Å². The summed E-state index contributed by atoms with van der Waals surface area (Å²) in [6.07, 6.45) is 0.936. The Kier molecular flexibility index (Phi) is 10.2. The predicted molar refractivity (Wildman–Crippen MR) is 170 cm³/mol. The molecule has 7 heteroatoms. The van der Waals surface area contributed by atoms with Crippen LogP contribution in [0.25, 0.3) is 0 Å². The van der Waals surface area contributed by atoms with E-state index < -0.39 is 23.1 Å². The molecule has 0 saturated heterocycles. The first kappa shape index (κ1) is 32.4. The highest BCUT2D eigenvalue weighted by atomic mass is 16.2. The van der Waals surface area contributed by atoms with Crippen LogP contribution in [0.4, 0.5) is 17.1 Å². The predicted octanol–water partition coefficient (Wildman–Crippen LogP) is 8.58. The Morgan fingerprint density at radius 3 is 1.76 bits per heavy atom. The third kappa shape index (κ3) is 8.21. The van der Waals surface area contributed by atoms with Crippen molar-refractivity contribution in [2.75, 3.05) is 10.6 Å². The second-order valence-electron chi connectivity index (χ2n) is 13.2. The van der Waals surface area contributed by atoms with Gasteiger partial charge in [0.1, 0.15) is 0 Å². The van der Waals surface area contributed by atoms with Crippen molar-refractivity contribution >= 4 is 34.7 Å². The summed E-state index contributed by atoms with van der Waals surface area (Å²) in [5.74, 6) is -0.880. The van der Waals surface area contributed by atoms with Crippen LogP contribution in [-0.2, 0) is 14.4 Å². The number of amides is 2. The molecule has 0 aliphatic carbocycles. The number of nitrogens with one attached hydrogen (secondary N) is 2. The van der Waals surface area contributed by atoms with Crippen LogP contribution in [0.1, 0.15) is 73.3 Å². The molecule has 0 radical (unpaired) electrons. The molecule has 0 heterocycles. The summed E-state index contributed by atoms with van der Waals surface area (Å²) in [4.78, 5) is 38.5. The highest BCUT2D eigenvalue weighted by molar-refractivity contribution is 6.10. The number of Topliss-reactive ketones (excluding diaryl/α,β-unsaturated/α-hetero) is 1. The van der Waals surface area contributed by atoms with Crippen LogP contribution in [-0.4, -0.2) is 23.6 Å². The summed E-state index contributed by atoms with van der Waals surface area (Å²) in [7, 11) is 0. The Balaban J connectivity index is 1.74. The van der Waals surface area contributed by atoms with Gasteiger partial charge in [-0.3, -0.25) is 14.4 Å². The molecule has 2 N–H and O–H groups in total. The summed E-state index contributed by atoms with van der Waals surface area (Å²) in [5.41, 5.74) is 1.89. The zero-order valence-electron chi connectivity index (χ0n) is 26.1. The number of ketones is 1. The molecule has 7 nitrogen and oxygen atoms in total. The summed E-state index contributed by atoms with van der Waals surface area (Å²) in [6.45, 7) is 16.4. The van der Waals surface area contributed by atoms with E-state index in [1.54, 1.807) is 48.5 Å². The maximum absolute atomic E-state index is 13.7. The van der Waals surface area contributed by atoms with Crippen LogP contribution in [0.3, 0.4) is 0 Å². The zero-order valence-corrected chi connectivity index (χ0v) is 26.1. The molecule has 0 bridgehead atoms. The van der Waals surface area contributed by atoms with Gasteiger partial charge in [-0.15, -0.1) is 0 Å². The second-order valence-corrected chi connectivity index (χ2v) is 13.2. The summed E-state index contributed by atoms with van der Waals surface area (Å²) < 4.78 is 0. The number of anilines is 2. The van der Waals surface area contributed by atoms with Gasteiger partial charge in [-0.05, 0) is 72.1 Å². The highest BCUT2D eigenvalue weighted by Crippen LogP contribution is 2.53. The lowest BCUT2D eigenvalue weighted by Crippen LogP contribution is -2.47. The average Bonchev–Trinajstić information content (AvgIpc) is 2.93. The van der Waals surface area contributed by atoms with E-state index in [9.17, 15) is 14.4 Å². The van der Waals surface area contributed by atoms with E-state index in [-0.39, 0.29) is 22.7 Å². The van der Waals surface area contributed by atoms with Crippen molar-refractivity contribution in [1.82, 2.24) is 0 Å². The van der Waals surface area contributed by atoms with E-state index in [1.807, 2.05) is 26.0 Å². The molecular formula is C35H44N4O3. The van der Waals surface area contributed by atoms with Gasteiger partial charge in [0.15, 0.2) is 5.78 Å². The largest absolute Gasteiger partial charge is 0.326 e. The molecule has 0 aliphatic heterocycles. The minimum absolute atomic E-state index is 0.0778. The van der Waals surface area contributed by atoms with E-state index in [4.69, 9.17) is 0 Å². The number of carbonyl (C=O) groups excluding carboxylic acids is 3. The van der Waals surface area contributed by atoms with Crippen LogP contribution < -0.4 is 10.6 Å². The van der Waals surface area contributed by atoms with Gasteiger partial charge in [0.2, 0.25) is 11.9 Å². The SMILES string of the molecule is CC(=O)C(N=Nc1ccc(NC(=O)C(C)(C)C(C)(C)C(CC(C)(C)C)c2ccccc2)cc1)C(=O)Nc1ccccc1. The molecule has 3 rings (SSSR count). The average molecular weight is 569 g/mol. The number of nitrogens with zero attached hydrogens (tertiary/aromatic N) is 2. The quantitative estimate of drug-likeness (QED) is 0.179. The molecule has 0 aromatic heterocycles. The van der Waals surface area contributed by atoms with Crippen LogP contribution in [0.5, 0.6) is 0 Å². The monoisotopic (exact) mass is 568 g/mol. The molecule has 0 aliphatic rings. The molecule has 2 unspecified atom stereocenters. The Morgan fingerprint density at radius 1 is 0.714 bits per heavy atom. The lowest BCUT2D eigenvalue weighted by molar-refractivity contribution is -0.131. The van der Waals surface area contributed by atoms with E-state index in [0.29, 0.717) is 17.1 Å². The third-order valence-electron chi connectivity index (χ3n) is 8.16. The molecule has 2 amide bonds. The number of hydrogen-bond donors (Lipinski definition) is 2. The van der Waals surface area contributed by atoms with Gasteiger partial charge in [-0.25, -0.2) is 0 Å². The van der Waals surface area contributed by atoms with Gasteiger partial charge in [-0.2, -0.15) is 10.2 Å². The molecule has 3 aromatic carbocycles. The third-order valence-corrected chi connectivity index (χ3v) is 8.16. The van der Waals surface area contributed by atoms with Crippen molar-refractivity contribution in [3.05, 3.63) is 90.5 Å². The standard InChI is InChI=1S/C35H44N4O3/c1-24(40)30(31(41)36-26-17-13-10-14-18-26)39-38-28-21-19-27(20-22-28)37-32(42)35(7,8)34(5,6)29(23-33(2,3)4)25-15-11-9-12-16-25/h9-22,29-30H,23H2,1-8H3,(H,36,41)(H,37,42). The maximum atomic E-state index is 13.7. The molecular weight excluding hydrogens is 524 g/mol. The van der Waals surface area contributed by atoms with Crippen molar-refractivity contribution in [2.45, 2.75) is 73.8 Å². The van der Waals surface area contributed by atoms with Crippen molar-refractivity contribution < 1.29 is 14.4 Å². The van der Waals surface area contributed by atoms with Gasteiger partial charge >= 0.3 is 0 Å². The number of benzene rings is 3. The van der Waals surface area contributed by atoms with E-state index in [1.165, 1.54) is 12.5 Å². The van der Waals surface area contributed by atoms with E-state index >= 15 is 0 Å². The van der Waals surface area contributed by atoms with Crippen molar-refractivity contribution in [3.8, 4) is 0 Å². The molecule has 42 heavy (non-hydrogen) atoms. The summed E-state index contributed by atoms with van der Waals surface area (Å²) >= 11 is 0. The molecule has 0 spiro atoms. The summed E-state index contributed by atoms with van der Waals surface area (Å²) in [5, 5.41) is 13.9. The number of para-hydroxylation sites is 1. The highest BCUT2D eigenvalue weighted by Gasteiger charge is 2.49.